The van der Waals surface area contributed by atoms with Crippen LogP contribution in [0.5, 0.6) is 5.75 Å². The Bertz CT molecular complexity index is 508. The highest BCUT2D eigenvalue weighted by Crippen LogP contribution is 2.21. The molecule has 19 heavy (non-hydrogen) atoms. The molecule has 0 aliphatic rings. The first-order chi connectivity index (χ1) is 9.33. The molecule has 0 atom stereocenters. The fraction of sp³-hybridized carbons (Fsp3) is 0.400. The first-order valence-electron chi connectivity index (χ1n) is 6.81. The van der Waals surface area contributed by atoms with Gasteiger partial charge in [-0.1, -0.05) is 19.1 Å². The molecule has 2 N–H and O–H groups in total. The fourth-order valence-corrected chi connectivity index (χ4v) is 1.90. The zero-order valence-electron chi connectivity index (χ0n) is 11.6. The molecule has 2 aromatic rings. The van der Waals surface area contributed by atoms with E-state index in [1.807, 2.05) is 37.4 Å². The molecular formula is C15H21N3O. The number of benzene rings is 1. The summed E-state index contributed by atoms with van der Waals surface area (Å²) < 4.78 is 5.50. The number of hydrogen-bond donors (Lipinski definition) is 2. The molecule has 0 saturated carbocycles. The second kappa shape index (κ2) is 6.95. The summed E-state index contributed by atoms with van der Waals surface area (Å²) in [5, 5.41) is 3.35. The van der Waals surface area contributed by atoms with Gasteiger partial charge in [-0.3, -0.25) is 0 Å². The van der Waals surface area contributed by atoms with Gasteiger partial charge in [0.25, 0.3) is 0 Å². The molecule has 4 heteroatoms. The molecule has 4 nitrogen and oxygen atoms in total. The van der Waals surface area contributed by atoms with E-state index in [-0.39, 0.29) is 0 Å². The van der Waals surface area contributed by atoms with Crippen LogP contribution in [-0.4, -0.2) is 23.1 Å². The summed E-state index contributed by atoms with van der Waals surface area (Å²) in [6, 6.07) is 7.98. The van der Waals surface area contributed by atoms with Crippen LogP contribution >= 0.6 is 0 Å². The van der Waals surface area contributed by atoms with Gasteiger partial charge in [-0.25, -0.2) is 4.98 Å². The second-order valence-electron chi connectivity index (χ2n) is 4.39. The molecule has 1 aromatic carbocycles. The predicted molar refractivity (Wildman–Crippen MR) is 77.2 cm³/mol. The maximum Gasteiger partial charge on any atom is 0.137 e. The van der Waals surface area contributed by atoms with Crippen LogP contribution < -0.4 is 10.1 Å². The van der Waals surface area contributed by atoms with Gasteiger partial charge in [0.15, 0.2) is 0 Å². The number of hydrogen-bond acceptors (Lipinski definition) is 3. The number of H-pyrrole nitrogens is 1. The average molecular weight is 259 g/mol. The summed E-state index contributed by atoms with van der Waals surface area (Å²) in [5.74, 6) is 1.76. The minimum atomic E-state index is 0.674. The Morgan fingerprint density at radius 1 is 1.32 bits per heavy atom. The number of aromatic nitrogens is 2. The quantitative estimate of drug-likeness (QED) is 0.752. The molecule has 0 aliphatic carbocycles. The number of imidazole rings is 1. The normalized spacial score (nSPS) is 10.6. The zero-order chi connectivity index (χ0) is 13.5. The Labute approximate surface area is 114 Å². The molecule has 2 rings (SSSR count). The lowest BCUT2D eigenvalue weighted by molar-refractivity contribution is 0.340. The van der Waals surface area contributed by atoms with E-state index in [4.69, 9.17) is 4.74 Å². The Hall–Kier alpha value is -1.81. The first-order valence-corrected chi connectivity index (χ1v) is 6.81. The SMILES string of the molecule is CCCNCc1cnc(-c2cccc(OCC)c2)[nH]1. The van der Waals surface area contributed by atoms with Gasteiger partial charge >= 0.3 is 0 Å². The van der Waals surface area contributed by atoms with E-state index in [0.717, 1.165) is 42.3 Å². The molecule has 0 spiro atoms. The van der Waals surface area contributed by atoms with Gasteiger partial charge < -0.3 is 15.0 Å². The molecule has 0 amide bonds. The Morgan fingerprint density at radius 3 is 3.00 bits per heavy atom. The third-order valence-electron chi connectivity index (χ3n) is 2.79. The van der Waals surface area contributed by atoms with E-state index >= 15 is 0 Å². The highest BCUT2D eigenvalue weighted by Gasteiger charge is 2.04. The highest BCUT2D eigenvalue weighted by atomic mass is 16.5. The van der Waals surface area contributed by atoms with Gasteiger partial charge in [0.2, 0.25) is 0 Å². The predicted octanol–water partition coefficient (Wildman–Crippen LogP) is 2.98. The highest BCUT2D eigenvalue weighted by molar-refractivity contribution is 5.57. The molecule has 0 unspecified atom stereocenters. The van der Waals surface area contributed by atoms with Crippen LogP contribution in [0.2, 0.25) is 0 Å². The van der Waals surface area contributed by atoms with Crippen molar-refractivity contribution in [1.29, 1.82) is 0 Å². The lowest BCUT2D eigenvalue weighted by Crippen LogP contribution is -2.13. The lowest BCUT2D eigenvalue weighted by atomic mass is 10.2. The number of rotatable bonds is 7. The van der Waals surface area contributed by atoms with Gasteiger partial charge in [0.05, 0.1) is 6.61 Å². The van der Waals surface area contributed by atoms with Crippen molar-refractivity contribution in [3.8, 4) is 17.1 Å². The summed E-state index contributed by atoms with van der Waals surface area (Å²) in [7, 11) is 0. The van der Waals surface area contributed by atoms with Crippen molar-refractivity contribution < 1.29 is 4.74 Å². The van der Waals surface area contributed by atoms with E-state index in [0.29, 0.717) is 6.61 Å². The van der Waals surface area contributed by atoms with E-state index in [1.165, 1.54) is 0 Å². The van der Waals surface area contributed by atoms with Gasteiger partial charge in [0.1, 0.15) is 11.6 Å². The van der Waals surface area contributed by atoms with Gasteiger partial charge in [-0.2, -0.15) is 0 Å². The molecule has 0 radical (unpaired) electrons. The van der Waals surface area contributed by atoms with E-state index in [2.05, 4.69) is 22.2 Å². The zero-order valence-corrected chi connectivity index (χ0v) is 11.6. The standard InChI is InChI=1S/C15H21N3O/c1-3-8-16-10-13-11-17-15(18-13)12-6-5-7-14(9-12)19-4-2/h5-7,9,11,16H,3-4,8,10H2,1-2H3,(H,17,18). The van der Waals surface area contributed by atoms with Crippen molar-refractivity contribution in [2.75, 3.05) is 13.2 Å². The third-order valence-corrected chi connectivity index (χ3v) is 2.79. The third kappa shape index (κ3) is 3.83. The van der Waals surface area contributed by atoms with Crippen molar-refractivity contribution in [1.82, 2.24) is 15.3 Å². The van der Waals surface area contributed by atoms with E-state index in [9.17, 15) is 0 Å². The van der Waals surface area contributed by atoms with Crippen LogP contribution in [0.4, 0.5) is 0 Å². The molecule has 0 bridgehead atoms. The maximum atomic E-state index is 5.50. The van der Waals surface area contributed by atoms with E-state index < -0.39 is 0 Å². The summed E-state index contributed by atoms with van der Waals surface area (Å²) >= 11 is 0. The topological polar surface area (TPSA) is 49.9 Å². The average Bonchev–Trinajstić information content (AvgIpc) is 2.89. The minimum absolute atomic E-state index is 0.674. The van der Waals surface area contributed by atoms with Gasteiger partial charge in [0, 0.05) is 24.0 Å². The molecular weight excluding hydrogens is 238 g/mol. The van der Waals surface area contributed by atoms with Crippen LogP contribution in [0, 0.1) is 0 Å². The van der Waals surface area contributed by atoms with Gasteiger partial charge in [-0.15, -0.1) is 0 Å². The van der Waals surface area contributed by atoms with Crippen LogP contribution in [0.3, 0.4) is 0 Å². The van der Waals surface area contributed by atoms with Crippen molar-refractivity contribution in [3.63, 3.8) is 0 Å². The van der Waals surface area contributed by atoms with Crippen LogP contribution in [0.15, 0.2) is 30.5 Å². The van der Waals surface area contributed by atoms with Crippen molar-refractivity contribution in [3.05, 3.63) is 36.2 Å². The minimum Gasteiger partial charge on any atom is -0.494 e. The van der Waals surface area contributed by atoms with Crippen molar-refractivity contribution in [2.45, 2.75) is 26.8 Å². The number of aromatic amines is 1. The largest absolute Gasteiger partial charge is 0.494 e. The smallest absolute Gasteiger partial charge is 0.137 e. The molecule has 1 heterocycles. The van der Waals surface area contributed by atoms with Gasteiger partial charge in [-0.05, 0) is 32.0 Å². The maximum absolute atomic E-state index is 5.50. The molecule has 102 valence electrons. The number of nitrogens with one attached hydrogen (secondary N) is 2. The molecule has 1 aromatic heterocycles. The fourth-order valence-electron chi connectivity index (χ4n) is 1.90. The summed E-state index contributed by atoms with van der Waals surface area (Å²) in [6.45, 7) is 6.66. The summed E-state index contributed by atoms with van der Waals surface area (Å²) in [6.07, 6.45) is 3.02. The van der Waals surface area contributed by atoms with Crippen LogP contribution in [0.25, 0.3) is 11.4 Å². The van der Waals surface area contributed by atoms with Crippen LogP contribution in [0.1, 0.15) is 26.0 Å². The Balaban J connectivity index is 2.07. The number of ether oxygens (including phenoxy) is 1. The van der Waals surface area contributed by atoms with Crippen LogP contribution in [-0.2, 0) is 6.54 Å². The van der Waals surface area contributed by atoms with Crippen molar-refractivity contribution >= 4 is 0 Å². The number of nitrogens with zero attached hydrogens (tertiary/aromatic N) is 1. The van der Waals surface area contributed by atoms with E-state index in [1.54, 1.807) is 0 Å². The lowest BCUT2D eigenvalue weighted by Gasteiger charge is -2.04. The Morgan fingerprint density at radius 2 is 2.21 bits per heavy atom. The molecule has 0 aliphatic heterocycles. The second-order valence-corrected chi connectivity index (χ2v) is 4.39. The molecule has 0 fully saturated rings. The summed E-state index contributed by atoms with van der Waals surface area (Å²) in [4.78, 5) is 7.74. The monoisotopic (exact) mass is 259 g/mol. The Kier molecular flexibility index (Phi) is 4.98. The first kappa shape index (κ1) is 13.6. The van der Waals surface area contributed by atoms with Crippen molar-refractivity contribution in [2.24, 2.45) is 0 Å². The summed E-state index contributed by atoms with van der Waals surface area (Å²) in [5.41, 5.74) is 2.15. The molecule has 0 saturated heterocycles.